The highest BCUT2D eigenvalue weighted by Gasteiger charge is 1.95. The van der Waals surface area contributed by atoms with Crippen LogP contribution in [-0.2, 0) is 13.0 Å². The number of pyridine rings is 1. The quantitative estimate of drug-likeness (QED) is 0.663. The summed E-state index contributed by atoms with van der Waals surface area (Å²) in [4.78, 5) is 3.90. The Morgan fingerprint density at radius 1 is 1.50 bits per heavy atom. The highest BCUT2D eigenvalue weighted by molar-refractivity contribution is 5.21. The summed E-state index contributed by atoms with van der Waals surface area (Å²) in [5, 5.41) is 8.81. The number of nitrogens with zero attached hydrogens (tertiary/aromatic N) is 1. The van der Waals surface area contributed by atoms with Gasteiger partial charge in [0.05, 0.1) is 6.61 Å². The van der Waals surface area contributed by atoms with Crippen LogP contribution < -0.4 is 0 Å². The van der Waals surface area contributed by atoms with Crippen LogP contribution in [0.5, 0.6) is 0 Å². The van der Waals surface area contributed by atoms with Gasteiger partial charge >= 0.3 is 0 Å². The predicted octanol–water partition coefficient (Wildman–Crippen LogP) is 1.14. The van der Waals surface area contributed by atoms with Crippen molar-refractivity contribution >= 4 is 0 Å². The maximum Gasteiger partial charge on any atom is 0.0699 e. The van der Waals surface area contributed by atoms with Crippen molar-refractivity contribution in [2.45, 2.75) is 20.0 Å². The van der Waals surface area contributed by atoms with Crippen LogP contribution in [0, 0.1) is 0 Å². The van der Waals surface area contributed by atoms with E-state index in [-0.39, 0.29) is 6.61 Å². The molecule has 1 aromatic heterocycles. The second-order valence-electron chi connectivity index (χ2n) is 2.16. The normalized spacial score (nSPS) is 9.80. The number of aryl methyl sites for hydroxylation is 1. The van der Waals surface area contributed by atoms with Gasteiger partial charge < -0.3 is 5.11 Å². The monoisotopic (exact) mass is 137 g/mol. The fraction of sp³-hybridized carbons (Fsp3) is 0.375. The van der Waals surface area contributed by atoms with Crippen LogP contribution in [0.1, 0.15) is 18.1 Å². The minimum Gasteiger partial charge on any atom is -0.392 e. The molecule has 0 aliphatic heterocycles. The molecule has 0 aliphatic carbocycles. The van der Waals surface area contributed by atoms with Gasteiger partial charge in [-0.25, -0.2) is 0 Å². The zero-order valence-electron chi connectivity index (χ0n) is 6.04. The Hall–Kier alpha value is -0.890. The number of hydrogen-bond donors (Lipinski definition) is 1. The Morgan fingerprint density at radius 3 is 2.80 bits per heavy atom. The Bertz CT molecular complexity index is 187. The van der Waals surface area contributed by atoms with Crippen LogP contribution in [-0.4, -0.2) is 10.1 Å². The van der Waals surface area contributed by atoms with Crippen LogP contribution in [0.25, 0.3) is 0 Å². The van der Waals surface area contributed by atoms with E-state index in [1.54, 1.807) is 12.4 Å². The summed E-state index contributed by atoms with van der Waals surface area (Å²) >= 11 is 0. The van der Waals surface area contributed by atoms with E-state index >= 15 is 0 Å². The molecule has 0 aliphatic rings. The first-order valence-corrected chi connectivity index (χ1v) is 3.41. The van der Waals surface area contributed by atoms with Crippen LogP contribution in [0.15, 0.2) is 18.5 Å². The van der Waals surface area contributed by atoms with Crippen LogP contribution in [0.3, 0.4) is 0 Å². The number of aliphatic hydroxyl groups excluding tert-OH is 1. The second kappa shape index (κ2) is 3.32. The Kier molecular flexibility index (Phi) is 2.40. The van der Waals surface area contributed by atoms with Gasteiger partial charge in [0, 0.05) is 12.4 Å². The van der Waals surface area contributed by atoms with E-state index in [0.717, 1.165) is 12.0 Å². The van der Waals surface area contributed by atoms with Gasteiger partial charge in [-0.2, -0.15) is 0 Å². The maximum absolute atomic E-state index is 8.81. The summed E-state index contributed by atoms with van der Waals surface area (Å²) in [6, 6.07) is 1.94. The molecule has 1 aromatic rings. The lowest BCUT2D eigenvalue weighted by Crippen LogP contribution is -1.92. The van der Waals surface area contributed by atoms with Crippen molar-refractivity contribution in [2.24, 2.45) is 0 Å². The molecule has 0 saturated heterocycles. The molecule has 10 heavy (non-hydrogen) atoms. The minimum atomic E-state index is 0.0943. The van der Waals surface area contributed by atoms with E-state index in [0.29, 0.717) is 0 Å². The third kappa shape index (κ3) is 1.33. The zero-order valence-corrected chi connectivity index (χ0v) is 6.04. The number of aromatic nitrogens is 1. The molecule has 1 rings (SSSR count). The highest BCUT2D eigenvalue weighted by atomic mass is 16.3. The van der Waals surface area contributed by atoms with Crippen molar-refractivity contribution in [1.82, 2.24) is 4.98 Å². The van der Waals surface area contributed by atoms with Gasteiger partial charge in [0.25, 0.3) is 0 Å². The fourth-order valence-corrected chi connectivity index (χ4v) is 0.943. The summed E-state index contributed by atoms with van der Waals surface area (Å²) in [6.45, 7) is 2.16. The molecule has 0 radical (unpaired) electrons. The topological polar surface area (TPSA) is 33.1 Å². The van der Waals surface area contributed by atoms with E-state index in [9.17, 15) is 0 Å². The number of hydrogen-bond acceptors (Lipinski definition) is 2. The molecule has 0 unspecified atom stereocenters. The van der Waals surface area contributed by atoms with Crippen molar-refractivity contribution in [1.29, 1.82) is 0 Å². The molecule has 0 saturated carbocycles. The number of rotatable bonds is 2. The van der Waals surface area contributed by atoms with Gasteiger partial charge in [0.1, 0.15) is 0 Å². The number of aliphatic hydroxyl groups is 1. The largest absolute Gasteiger partial charge is 0.392 e. The zero-order chi connectivity index (χ0) is 7.40. The van der Waals surface area contributed by atoms with E-state index in [2.05, 4.69) is 11.9 Å². The lowest BCUT2D eigenvalue weighted by atomic mass is 10.1. The molecule has 2 nitrogen and oxygen atoms in total. The molecule has 54 valence electrons. The fourth-order valence-electron chi connectivity index (χ4n) is 0.943. The first-order chi connectivity index (χ1) is 4.88. The SMILES string of the molecule is CCc1ccncc1CO. The molecule has 0 bridgehead atoms. The summed E-state index contributed by atoms with van der Waals surface area (Å²) in [5.74, 6) is 0. The first kappa shape index (κ1) is 7.22. The maximum atomic E-state index is 8.81. The molecule has 0 aromatic carbocycles. The Balaban J connectivity index is 2.96. The Labute approximate surface area is 60.5 Å². The van der Waals surface area contributed by atoms with Crippen molar-refractivity contribution in [3.05, 3.63) is 29.6 Å². The summed E-state index contributed by atoms with van der Waals surface area (Å²) in [5.41, 5.74) is 2.11. The van der Waals surface area contributed by atoms with Crippen LogP contribution >= 0.6 is 0 Å². The van der Waals surface area contributed by atoms with Crippen molar-refractivity contribution in [3.8, 4) is 0 Å². The van der Waals surface area contributed by atoms with E-state index in [1.807, 2.05) is 6.07 Å². The Morgan fingerprint density at radius 2 is 2.30 bits per heavy atom. The van der Waals surface area contributed by atoms with Gasteiger partial charge in [-0.15, -0.1) is 0 Å². The predicted molar refractivity (Wildman–Crippen MR) is 39.5 cm³/mol. The third-order valence-electron chi connectivity index (χ3n) is 1.56. The van der Waals surface area contributed by atoms with Gasteiger partial charge in [-0.05, 0) is 23.6 Å². The molecule has 1 N–H and O–H groups in total. The highest BCUT2D eigenvalue weighted by Crippen LogP contribution is 2.06. The van der Waals surface area contributed by atoms with E-state index in [4.69, 9.17) is 5.11 Å². The second-order valence-corrected chi connectivity index (χ2v) is 2.16. The summed E-state index contributed by atoms with van der Waals surface area (Å²) in [7, 11) is 0. The molecule has 0 fully saturated rings. The average molecular weight is 137 g/mol. The standard InChI is InChI=1S/C8H11NO/c1-2-7-3-4-9-5-8(7)6-10/h3-5,10H,2,6H2,1H3. The van der Waals surface area contributed by atoms with Gasteiger partial charge in [-0.1, -0.05) is 6.92 Å². The molecular formula is C8H11NO. The van der Waals surface area contributed by atoms with Gasteiger partial charge in [0.15, 0.2) is 0 Å². The van der Waals surface area contributed by atoms with Gasteiger partial charge in [0.2, 0.25) is 0 Å². The molecule has 0 spiro atoms. The van der Waals surface area contributed by atoms with E-state index in [1.165, 1.54) is 5.56 Å². The van der Waals surface area contributed by atoms with Crippen LogP contribution in [0.4, 0.5) is 0 Å². The van der Waals surface area contributed by atoms with Crippen molar-refractivity contribution in [3.63, 3.8) is 0 Å². The molecule has 2 heteroatoms. The average Bonchev–Trinajstić information content (AvgIpc) is 2.04. The molecular weight excluding hydrogens is 126 g/mol. The van der Waals surface area contributed by atoms with E-state index < -0.39 is 0 Å². The van der Waals surface area contributed by atoms with Crippen molar-refractivity contribution < 1.29 is 5.11 Å². The smallest absolute Gasteiger partial charge is 0.0699 e. The summed E-state index contributed by atoms with van der Waals surface area (Å²) in [6.07, 6.45) is 4.41. The van der Waals surface area contributed by atoms with Gasteiger partial charge in [-0.3, -0.25) is 4.98 Å². The third-order valence-corrected chi connectivity index (χ3v) is 1.56. The molecule has 0 amide bonds. The molecule has 1 heterocycles. The molecule has 0 atom stereocenters. The lowest BCUT2D eigenvalue weighted by Gasteiger charge is -2.01. The van der Waals surface area contributed by atoms with Crippen LogP contribution in [0.2, 0.25) is 0 Å². The van der Waals surface area contributed by atoms with Crippen molar-refractivity contribution in [2.75, 3.05) is 0 Å². The minimum absolute atomic E-state index is 0.0943. The lowest BCUT2D eigenvalue weighted by molar-refractivity contribution is 0.280. The summed E-state index contributed by atoms with van der Waals surface area (Å²) < 4.78 is 0. The first-order valence-electron chi connectivity index (χ1n) is 3.41.